The molecule has 1 unspecified atom stereocenters. The predicted molar refractivity (Wildman–Crippen MR) is 65.6 cm³/mol. The second kappa shape index (κ2) is 5.52. The third-order valence-electron chi connectivity index (χ3n) is 3.92. The number of amides is 1. The van der Waals surface area contributed by atoms with Crippen molar-refractivity contribution in [3.63, 3.8) is 0 Å². The number of aliphatic carboxylic acids is 1. The number of carboxylic acid groups (broad SMARTS) is 1. The van der Waals surface area contributed by atoms with E-state index in [1.807, 2.05) is 6.92 Å². The van der Waals surface area contributed by atoms with Crippen LogP contribution in [-0.4, -0.2) is 35.0 Å². The highest BCUT2D eigenvalue weighted by molar-refractivity contribution is 6.02. The standard InChI is InChI=1S/C13H23NO3/c1-4-10(3)9-14(5-2)11(15)13(12(16)17)7-6-8-13/h10H,4-9H2,1-3H3,(H,16,17). The van der Waals surface area contributed by atoms with Gasteiger partial charge in [-0.1, -0.05) is 26.7 Å². The van der Waals surface area contributed by atoms with E-state index in [0.717, 1.165) is 12.8 Å². The maximum Gasteiger partial charge on any atom is 0.319 e. The normalized spacial score (nSPS) is 19.2. The molecule has 0 spiro atoms. The molecule has 0 heterocycles. The smallest absolute Gasteiger partial charge is 0.319 e. The summed E-state index contributed by atoms with van der Waals surface area (Å²) < 4.78 is 0. The van der Waals surface area contributed by atoms with Gasteiger partial charge in [0.2, 0.25) is 5.91 Å². The lowest BCUT2D eigenvalue weighted by Gasteiger charge is -2.40. The summed E-state index contributed by atoms with van der Waals surface area (Å²) >= 11 is 0. The van der Waals surface area contributed by atoms with Gasteiger partial charge in [0.05, 0.1) is 0 Å². The SMILES string of the molecule is CCC(C)CN(CC)C(=O)C1(C(=O)O)CCC1. The van der Waals surface area contributed by atoms with Crippen LogP contribution < -0.4 is 0 Å². The van der Waals surface area contributed by atoms with E-state index in [0.29, 0.717) is 31.8 Å². The molecule has 0 aromatic heterocycles. The second-order valence-corrected chi connectivity index (χ2v) is 5.10. The molecule has 1 aliphatic rings. The predicted octanol–water partition coefficient (Wildman–Crippen LogP) is 2.14. The van der Waals surface area contributed by atoms with Crippen LogP contribution in [0.15, 0.2) is 0 Å². The van der Waals surface area contributed by atoms with E-state index >= 15 is 0 Å². The first-order chi connectivity index (χ1) is 7.97. The van der Waals surface area contributed by atoms with Crippen molar-refractivity contribution < 1.29 is 14.7 Å². The zero-order chi connectivity index (χ0) is 13.1. The Morgan fingerprint density at radius 3 is 2.24 bits per heavy atom. The molecule has 1 saturated carbocycles. The van der Waals surface area contributed by atoms with Crippen LogP contribution in [-0.2, 0) is 9.59 Å². The van der Waals surface area contributed by atoms with E-state index in [1.54, 1.807) is 4.90 Å². The summed E-state index contributed by atoms with van der Waals surface area (Å²) in [6.07, 6.45) is 2.85. The van der Waals surface area contributed by atoms with Crippen molar-refractivity contribution in [1.82, 2.24) is 4.90 Å². The zero-order valence-electron chi connectivity index (χ0n) is 11.0. The summed E-state index contributed by atoms with van der Waals surface area (Å²) in [6, 6.07) is 0. The Morgan fingerprint density at radius 2 is 1.94 bits per heavy atom. The van der Waals surface area contributed by atoms with E-state index < -0.39 is 11.4 Å². The lowest BCUT2D eigenvalue weighted by molar-refractivity contribution is -0.167. The zero-order valence-corrected chi connectivity index (χ0v) is 11.0. The molecule has 0 radical (unpaired) electrons. The van der Waals surface area contributed by atoms with E-state index in [-0.39, 0.29) is 5.91 Å². The molecule has 0 aromatic carbocycles. The van der Waals surface area contributed by atoms with E-state index in [9.17, 15) is 14.7 Å². The Kier molecular flexibility index (Phi) is 4.54. The van der Waals surface area contributed by atoms with E-state index in [4.69, 9.17) is 0 Å². The van der Waals surface area contributed by atoms with Crippen LogP contribution in [0.5, 0.6) is 0 Å². The van der Waals surface area contributed by atoms with Crippen LogP contribution in [0.25, 0.3) is 0 Å². The van der Waals surface area contributed by atoms with Crippen molar-refractivity contribution in [2.24, 2.45) is 11.3 Å². The van der Waals surface area contributed by atoms with Crippen LogP contribution in [0, 0.1) is 11.3 Å². The molecule has 0 saturated heterocycles. The van der Waals surface area contributed by atoms with Gasteiger partial charge in [0.25, 0.3) is 0 Å². The molecule has 1 rings (SSSR count). The van der Waals surface area contributed by atoms with Gasteiger partial charge in [0, 0.05) is 13.1 Å². The molecular weight excluding hydrogens is 218 g/mol. The molecule has 1 fully saturated rings. The van der Waals surface area contributed by atoms with Gasteiger partial charge in [-0.15, -0.1) is 0 Å². The Balaban J connectivity index is 2.74. The fourth-order valence-electron chi connectivity index (χ4n) is 2.21. The monoisotopic (exact) mass is 241 g/mol. The molecule has 1 amide bonds. The molecule has 4 heteroatoms. The van der Waals surface area contributed by atoms with Crippen LogP contribution >= 0.6 is 0 Å². The van der Waals surface area contributed by atoms with Gasteiger partial charge in [-0.3, -0.25) is 9.59 Å². The third kappa shape index (κ3) is 2.61. The summed E-state index contributed by atoms with van der Waals surface area (Å²) in [6.45, 7) is 7.34. The lowest BCUT2D eigenvalue weighted by Crippen LogP contribution is -2.53. The van der Waals surface area contributed by atoms with Gasteiger partial charge < -0.3 is 10.0 Å². The van der Waals surface area contributed by atoms with E-state index in [1.165, 1.54) is 0 Å². The van der Waals surface area contributed by atoms with Gasteiger partial charge in [0.15, 0.2) is 0 Å². The summed E-state index contributed by atoms with van der Waals surface area (Å²) in [5, 5.41) is 9.24. The number of carbonyl (C=O) groups is 2. The van der Waals surface area contributed by atoms with Gasteiger partial charge in [-0.25, -0.2) is 0 Å². The van der Waals surface area contributed by atoms with Gasteiger partial charge in [-0.05, 0) is 25.7 Å². The summed E-state index contributed by atoms with van der Waals surface area (Å²) in [5.41, 5.74) is -1.11. The minimum absolute atomic E-state index is 0.181. The number of hydrogen-bond donors (Lipinski definition) is 1. The lowest BCUT2D eigenvalue weighted by atomic mass is 9.67. The van der Waals surface area contributed by atoms with Gasteiger partial charge >= 0.3 is 5.97 Å². The largest absolute Gasteiger partial charge is 0.480 e. The third-order valence-corrected chi connectivity index (χ3v) is 3.92. The van der Waals surface area contributed by atoms with Crippen LogP contribution in [0.1, 0.15) is 46.5 Å². The number of rotatable bonds is 6. The number of carboxylic acids is 1. The maximum absolute atomic E-state index is 12.3. The minimum Gasteiger partial charge on any atom is -0.480 e. The highest BCUT2D eigenvalue weighted by Crippen LogP contribution is 2.42. The molecule has 0 aliphatic heterocycles. The van der Waals surface area contributed by atoms with Crippen LogP contribution in [0.3, 0.4) is 0 Å². The Hall–Kier alpha value is -1.06. The van der Waals surface area contributed by atoms with Gasteiger partial charge in [0.1, 0.15) is 5.41 Å². The molecule has 17 heavy (non-hydrogen) atoms. The van der Waals surface area contributed by atoms with E-state index in [2.05, 4.69) is 13.8 Å². The molecule has 4 nitrogen and oxygen atoms in total. The minimum atomic E-state index is -1.11. The first-order valence-corrected chi connectivity index (χ1v) is 6.50. The number of carbonyl (C=O) groups excluding carboxylic acids is 1. The Labute approximate surface area is 103 Å². The number of hydrogen-bond acceptors (Lipinski definition) is 2. The van der Waals surface area contributed by atoms with Crippen molar-refractivity contribution in [3.05, 3.63) is 0 Å². The fourth-order valence-corrected chi connectivity index (χ4v) is 2.21. The summed E-state index contributed by atoms with van der Waals surface area (Å²) in [5.74, 6) is -0.708. The van der Waals surface area contributed by atoms with Crippen molar-refractivity contribution >= 4 is 11.9 Å². The van der Waals surface area contributed by atoms with Crippen LogP contribution in [0.2, 0.25) is 0 Å². The molecule has 0 aromatic rings. The van der Waals surface area contributed by atoms with Crippen molar-refractivity contribution in [2.75, 3.05) is 13.1 Å². The molecule has 1 atom stereocenters. The fraction of sp³-hybridized carbons (Fsp3) is 0.846. The summed E-state index contributed by atoms with van der Waals surface area (Å²) in [7, 11) is 0. The first-order valence-electron chi connectivity index (χ1n) is 6.50. The van der Waals surface area contributed by atoms with Gasteiger partial charge in [-0.2, -0.15) is 0 Å². The van der Waals surface area contributed by atoms with Crippen molar-refractivity contribution in [2.45, 2.75) is 46.5 Å². The number of nitrogens with zero attached hydrogens (tertiary/aromatic N) is 1. The van der Waals surface area contributed by atoms with Crippen molar-refractivity contribution in [1.29, 1.82) is 0 Å². The average molecular weight is 241 g/mol. The quantitative estimate of drug-likeness (QED) is 0.725. The molecule has 98 valence electrons. The Bertz CT molecular complexity index is 297. The highest BCUT2D eigenvalue weighted by atomic mass is 16.4. The second-order valence-electron chi connectivity index (χ2n) is 5.10. The molecule has 1 N–H and O–H groups in total. The topological polar surface area (TPSA) is 57.6 Å². The molecule has 1 aliphatic carbocycles. The maximum atomic E-state index is 12.3. The Morgan fingerprint density at radius 1 is 1.35 bits per heavy atom. The first kappa shape index (κ1) is 14.0. The van der Waals surface area contributed by atoms with Crippen LogP contribution in [0.4, 0.5) is 0 Å². The molecule has 0 bridgehead atoms. The summed E-state index contributed by atoms with van der Waals surface area (Å²) in [4.78, 5) is 25.3. The average Bonchev–Trinajstić information content (AvgIpc) is 2.22. The highest BCUT2D eigenvalue weighted by Gasteiger charge is 2.52. The van der Waals surface area contributed by atoms with Crippen molar-refractivity contribution in [3.8, 4) is 0 Å². The molecular formula is C13H23NO3.